The number of carbonyl (C=O) groups excluding carboxylic acids is 1. The van der Waals surface area contributed by atoms with Crippen LogP contribution in [-0.4, -0.2) is 30.9 Å². The topological polar surface area (TPSA) is 38.3 Å². The van der Waals surface area contributed by atoms with Crippen LogP contribution in [0.15, 0.2) is 23.1 Å². The number of ether oxygens (including phenoxy) is 1. The van der Waals surface area contributed by atoms with Crippen molar-refractivity contribution in [3.05, 3.63) is 28.2 Å². The van der Waals surface area contributed by atoms with E-state index >= 15 is 0 Å². The molecule has 110 valence electrons. The number of methoxy groups -OCH3 is 1. The molecule has 6 heteroatoms. The van der Waals surface area contributed by atoms with Gasteiger partial charge in [0, 0.05) is 16.7 Å². The van der Waals surface area contributed by atoms with Gasteiger partial charge < -0.3 is 10.1 Å². The Morgan fingerprint density at radius 3 is 2.80 bits per heavy atom. The average Bonchev–Trinajstić information content (AvgIpc) is 3.25. The highest BCUT2D eigenvalue weighted by atomic mass is 35.5. The summed E-state index contributed by atoms with van der Waals surface area (Å²) >= 11 is 13.5. The first-order chi connectivity index (χ1) is 9.60. The van der Waals surface area contributed by atoms with Crippen molar-refractivity contribution in [3.63, 3.8) is 0 Å². The largest absolute Gasteiger partial charge is 0.468 e. The summed E-state index contributed by atoms with van der Waals surface area (Å²) in [7, 11) is 1.43. The van der Waals surface area contributed by atoms with Crippen molar-refractivity contribution in [2.45, 2.75) is 36.2 Å². The number of halogens is 2. The van der Waals surface area contributed by atoms with Crippen LogP contribution in [0.5, 0.6) is 0 Å². The van der Waals surface area contributed by atoms with Gasteiger partial charge in [-0.1, -0.05) is 23.2 Å². The first-order valence-electron chi connectivity index (χ1n) is 6.52. The minimum Gasteiger partial charge on any atom is -0.468 e. The molecule has 1 aromatic rings. The summed E-state index contributed by atoms with van der Waals surface area (Å²) in [6, 6.07) is 5.82. The number of rotatable bonds is 7. The molecule has 1 aromatic carbocycles. The minimum atomic E-state index is -0.220. The number of esters is 1. The van der Waals surface area contributed by atoms with E-state index in [1.54, 1.807) is 17.8 Å². The molecule has 0 heterocycles. The van der Waals surface area contributed by atoms with Crippen LogP contribution in [0.4, 0.5) is 0 Å². The molecule has 0 bridgehead atoms. The fourth-order valence-electron chi connectivity index (χ4n) is 1.81. The predicted octanol–water partition coefficient (Wildman–Crippen LogP) is 3.77. The Kier molecular flexibility index (Phi) is 6.02. The molecule has 1 aliphatic carbocycles. The van der Waals surface area contributed by atoms with Crippen LogP contribution in [0.2, 0.25) is 10.0 Å². The molecule has 0 amide bonds. The normalized spacial score (nSPS) is 15.9. The number of carbonyl (C=O) groups is 1. The lowest BCUT2D eigenvalue weighted by Crippen LogP contribution is -2.39. The maximum atomic E-state index is 11.7. The number of thioether (sulfide) groups is 1. The summed E-state index contributed by atoms with van der Waals surface area (Å²) in [6.45, 7) is 0. The lowest BCUT2D eigenvalue weighted by atomic mass is 10.2. The lowest BCUT2D eigenvalue weighted by molar-refractivity contribution is -0.143. The fourth-order valence-corrected chi connectivity index (χ4v) is 3.12. The van der Waals surface area contributed by atoms with Gasteiger partial charge in [-0.15, -0.1) is 11.8 Å². The van der Waals surface area contributed by atoms with Crippen molar-refractivity contribution in [1.29, 1.82) is 0 Å². The van der Waals surface area contributed by atoms with Crippen molar-refractivity contribution in [2.75, 3.05) is 12.9 Å². The van der Waals surface area contributed by atoms with Gasteiger partial charge in [-0.3, -0.25) is 4.79 Å². The van der Waals surface area contributed by atoms with E-state index in [0.29, 0.717) is 16.1 Å². The van der Waals surface area contributed by atoms with E-state index in [4.69, 9.17) is 27.9 Å². The summed E-state index contributed by atoms with van der Waals surface area (Å²) in [6.07, 6.45) is 3.02. The Morgan fingerprint density at radius 2 is 2.20 bits per heavy atom. The van der Waals surface area contributed by atoms with Crippen LogP contribution < -0.4 is 5.32 Å². The molecule has 1 saturated carbocycles. The summed E-state index contributed by atoms with van der Waals surface area (Å²) in [5.41, 5.74) is 0. The van der Waals surface area contributed by atoms with Crippen LogP contribution in [0.3, 0.4) is 0 Å². The summed E-state index contributed by atoms with van der Waals surface area (Å²) < 4.78 is 4.83. The van der Waals surface area contributed by atoms with Gasteiger partial charge in [0.05, 0.1) is 17.2 Å². The van der Waals surface area contributed by atoms with Gasteiger partial charge in [0.2, 0.25) is 0 Å². The van der Waals surface area contributed by atoms with E-state index in [1.165, 1.54) is 7.11 Å². The van der Waals surface area contributed by atoms with Crippen LogP contribution >= 0.6 is 35.0 Å². The quantitative estimate of drug-likeness (QED) is 0.608. The number of hydrogen-bond acceptors (Lipinski definition) is 4. The maximum absolute atomic E-state index is 11.7. The molecule has 2 rings (SSSR count). The Bertz CT molecular complexity index is 480. The summed E-state index contributed by atoms with van der Waals surface area (Å²) in [5.74, 6) is 0.629. The first-order valence-corrected chi connectivity index (χ1v) is 8.26. The molecule has 20 heavy (non-hydrogen) atoms. The second-order valence-electron chi connectivity index (χ2n) is 4.73. The second kappa shape index (κ2) is 7.55. The van der Waals surface area contributed by atoms with Crippen molar-refractivity contribution in [3.8, 4) is 0 Å². The van der Waals surface area contributed by atoms with E-state index in [0.717, 1.165) is 29.9 Å². The Morgan fingerprint density at radius 1 is 1.45 bits per heavy atom. The van der Waals surface area contributed by atoms with Crippen molar-refractivity contribution < 1.29 is 9.53 Å². The molecule has 1 fully saturated rings. The van der Waals surface area contributed by atoms with Crippen LogP contribution in [0.1, 0.15) is 19.3 Å². The van der Waals surface area contributed by atoms with Crippen LogP contribution in [-0.2, 0) is 9.53 Å². The third-order valence-electron chi connectivity index (χ3n) is 3.07. The second-order valence-corrected chi connectivity index (χ2v) is 6.71. The number of benzene rings is 1. The van der Waals surface area contributed by atoms with E-state index in [2.05, 4.69) is 5.32 Å². The summed E-state index contributed by atoms with van der Waals surface area (Å²) in [4.78, 5) is 12.7. The molecule has 1 unspecified atom stereocenters. The fraction of sp³-hybridized carbons (Fsp3) is 0.500. The molecule has 0 aromatic heterocycles. The third kappa shape index (κ3) is 4.85. The molecular weight excluding hydrogens is 317 g/mol. The molecule has 1 atom stereocenters. The highest BCUT2D eigenvalue weighted by Crippen LogP contribution is 2.28. The van der Waals surface area contributed by atoms with Gasteiger partial charge in [0.25, 0.3) is 0 Å². The van der Waals surface area contributed by atoms with Crippen LogP contribution in [0.25, 0.3) is 0 Å². The zero-order valence-electron chi connectivity index (χ0n) is 11.2. The standard InChI is InChI=1S/C14H17Cl2NO2S/c1-19-14(18)13(17-9-2-3-9)6-7-20-10-4-5-11(15)12(16)8-10/h4-5,8-9,13,17H,2-3,6-7H2,1H3. The zero-order chi connectivity index (χ0) is 14.5. The van der Waals surface area contributed by atoms with Gasteiger partial charge in [-0.2, -0.15) is 0 Å². The highest BCUT2D eigenvalue weighted by molar-refractivity contribution is 7.99. The van der Waals surface area contributed by atoms with Gasteiger partial charge >= 0.3 is 5.97 Å². The van der Waals surface area contributed by atoms with Crippen LogP contribution in [0, 0.1) is 0 Å². The average molecular weight is 334 g/mol. The highest BCUT2D eigenvalue weighted by Gasteiger charge is 2.28. The number of nitrogens with one attached hydrogen (secondary N) is 1. The van der Waals surface area contributed by atoms with E-state index in [9.17, 15) is 4.79 Å². The molecule has 0 radical (unpaired) electrons. The lowest BCUT2D eigenvalue weighted by Gasteiger charge is -2.15. The Labute approximate surface area is 133 Å². The van der Waals surface area contributed by atoms with Crippen molar-refractivity contribution in [1.82, 2.24) is 5.32 Å². The first kappa shape index (κ1) is 16.0. The smallest absolute Gasteiger partial charge is 0.322 e. The molecule has 0 aliphatic heterocycles. The van der Waals surface area contributed by atoms with Gasteiger partial charge in [-0.25, -0.2) is 0 Å². The van der Waals surface area contributed by atoms with Gasteiger partial charge in [0.1, 0.15) is 6.04 Å². The van der Waals surface area contributed by atoms with Crippen molar-refractivity contribution >= 4 is 40.9 Å². The molecule has 1 N–H and O–H groups in total. The van der Waals surface area contributed by atoms with Crippen molar-refractivity contribution in [2.24, 2.45) is 0 Å². The SMILES string of the molecule is COC(=O)C(CCSc1ccc(Cl)c(Cl)c1)NC1CC1. The van der Waals surface area contributed by atoms with E-state index in [-0.39, 0.29) is 12.0 Å². The molecular formula is C14H17Cl2NO2S. The molecule has 0 saturated heterocycles. The molecule has 1 aliphatic rings. The molecule has 0 spiro atoms. The van der Waals surface area contributed by atoms with Gasteiger partial charge in [0.15, 0.2) is 0 Å². The maximum Gasteiger partial charge on any atom is 0.322 e. The van der Waals surface area contributed by atoms with Gasteiger partial charge in [-0.05, 0) is 37.5 Å². The Balaban J connectivity index is 1.82. The monoisotopic (exact) mass is 333 g/mol. The predicted molar refractivity (Wildman–Crippen MR) is 83.8 cm³/mol. The van der Waals surface area contributed by atoms with E-state index in [1.807, 2.05) is 12.1 Å². The minimum absolute atomic E-state index is 0.188. The summed E-state index contributed by atoms with van der Waals surface area (Å²) in [5, 5.41) is 4.42. The number of hydrogen-bond donors (Lipinski definition) is 1. The third-order valence-corrected chi connectivity index (χ3v) is 4.83. The molecule has 3 nitrogen and oxygen atoms in total. The Hall–Kier alpha value is -0.420. The zero-order valence-corrected chi connectivity index (χ0v) is 13.5. The van der Waals surface area contributed by atoms with E-state index < -0.39 is 0 Å².